The van der Waals surface area contributed by atoms with E-state index < -0.39 is 28.0 Å². The molecule has 0 heterocycles. The van der Waals surface area contributed by atoms with Gasteiger partial charge in [-0.1, -0.05) is 12.1 Å². The number of benzene rings is 2. The second-order valence-corrected chi connectivity index (χ2v) is 7.70. The van der Waals surface area contributed by atoms with Gasteiger partial charge in [-0.3, -0.25) is 4.79 Å². The lowest BCUT2D eigenvalue weighted by molar-refractivity contribution is -0.123. The number of carbonyl (C=O) groups is 2. The molecule has 0 radical (unpaired) electrons. The van der Waals surface area contributed by atoms with Crippen LogP contribution in [-0.4, -0.2) is 40.1 Å². The minimum absolute atomic E-state index is 0.00979. The highest BCUT2D eigenvalue weighted by Crippen LogP contribution is 2.16. The van der Waals surface area contributed by atoms with E-state index in [1.165, 1.54) is 44.4 Å². The second-order valence-electron chi connectivity index (χ2n) is 5.93. The SMILES string of the molecule is C=CCNS(=O)(=O)c1cccc(C(=O)O[C@H](C)C(=O)Nc2ccc(OC)cc2)c1. The first-order valence-corrected chi connectivity index (χ1v) is 10.1. The summed E-state index contributed by atoms with van der Waals surface area (Å²) in [7, 11) is -2.26. The third kappa shape index (κ3) is 6.16. The van der Waals surface area contributed by atoms with E-state index in [4.69, 9.17) is 9.47 Å². The molecule has 0 aliphatic heterocycles. The molecule has 2 aromatic carbocycles. The Hall–Kier alpha value is -3.17. The van der Waals surface area contributed by atoms with Gasteiger partial charge in [0, 0.05) is 12.2 Å². The standard InChI is InChI=1S/C20H22N2O6S/c1-4-12-21-29(25,26)18-7-5-6-15(13-18)20(24)28-14(2)19(23)22-16-8-10-17(27-3)11-9-16/h4-11,13-14,21H,1,12H2,2-3H3,(H,22,23)/t14-/m1/s1. The number of rotatable bonds is 9. The maximum atomic E-state index is 12.3. The number of anilines is 1. The fraction of sp³-hybridized carbons (Fsp3) is 0.200. The zero-order valence-electron chi connectivity index (χ0n) is 16.0. The number of carbonyl (C=O) groups excluding carboxylic acids is 2. The van der Waals surface area contributed by atoms with Gasteiger partial charge in [0.15, 0.2) is 6.10 Å². The number of amides is 1. The van der Waals surface area contributed by atoms with Gasteiger partial charge in [0.2, 0.25) is 10.0 Å². The number of hydrogen-bond acceptors (Lipinski definition) is 6. The van der Waals surface area contributed by atoms with E-state index in [0.29, 0.717) is 11.4 Å². The van der Waals surface area contributed by atoms with Crippen LogP contribution in [0, 0.1) is 0 Å². The Bertz CT molecular complexity index is 986. The van der Waals surface area contributed by atoms with E-state index in [1.807, 2.05) is 0 Å². The van der Waals surface area contributed by atoms with Crippen molar-refractivity contribution < 1.29 is 27.5 Å². The predicted molar refractivity (Wildman–Crippen MR) is 108 cm³/mol. The molecule has 2 aromatic rings. The quantitative estimate of drug-likeness (QED) is 0.478. The van der Waals surface area contributed by atoms with E-state index in [-0.39, 0.29) is 17.0 Å². The fourth-order valence-electron chi connectivity index (χ4n) is 2.24. The summed E-state index contributed by atoms with van der Waals surface area (Å²) in [5.41, 5.74) is 0.524. The number of methoxy groups -OCH3 is 1. The Morgan fingerprint density at radius 1 is 1.17 bits per heavy atom. The summed E-state index contributed by atoms with van der Waals surface area (Å²) in [5.74, 6) is -0.706. The summed E-state index contributed by atoms with van der Waals surface area (Å²) in [5, 5.41) is 2.62. The Labute approximate surface area is 169 Å². The van der Waals surface area contributed by atoms with Crippen molar-refractivity contribution in [2.75, 3.05) is 19.0 Å². The van der Waals surface area contributed by atoms with Gasteiger partial charge in [0.1, 0.15) is 5.75 Å². The first kappa shape index (κ1) is 22.1. The number of ether oxygens (including phenoxy) is 2. The molecule has 0 fully saturated rings. The minimum Gasteiger partial charge on any atom is -0.497 e. The average Bonchev–Trinajstić information content (AvgIpc) is 2.72. The molecule has 0 aliphatic carbocycles. The summed E-state index contributed by atoms with van der Waals surface area (Å²) >= 11 is 0. The molecule has 0 saturated carbocycles. The summed E-state index contributed by atoms with van der Waals surface area (Å²) in [6.45, 7) is 4.92. The van der Waals surface area contributed by atoms with Crippen LogP contribution < -0.4 is 14.8 Å². The Morgan fingerprint density at radius 2 is 1.86 bits per heavy atom. The molecule has 154 valence electrons. The molecule has 2 N–H and O–H groups in total. The Morgan fingerprint density at radius 3 is 2.48 bits per heavy atom. The molecule has 1 atom stereocenters. The fourth-order valence-corrected chi connectivity index (χ4v) is 3.29. The van der Waals surface area contributed by atoms with Crippen molar-refractivity contribution in [2.45, 2.75) is 17.9 Å². The lowest BCUT2D eigenvalue weighted by atomic mass is 10.2. The predicted octanol–water partition coefficient (Wildman–Crippen LogP) is 2.34. The van der Waals surface area contributed by atoms with Crippen LogP contribution in [0.5, 0.6) is 5.75 Å². The van der Waals surface area contributed by atoms with Crippen molar-refractivity contribution in [1.82, 2.24) is 4.72 Å². The van der Waals surface area contributed by atoms with Gasteiger partial charge in [-0.05, 0) is 49.4 Å². The van der Waals surface area contributed by atoms with Crippen LogP contribution in [0.4, 0.5) is 5.69 Å². The van der Waals surface area contributed by atoms with Crippen LogP contribution >= 0.6 is 0 Å². The van der Waals surface area contributed by atoms with E-state index >= 15 is 0 Å². The lowest BCUT2D eigenvalue weighted by Gasteiger charge is -2.14. The molecule has 0 aromatic heterocycles. The minimum atomic E-state index is -3.79. The molecule has 8 nitrogen and oxygen atoms in total. The average molecular weight is 418 g/mol. The summed E-state index contributed by atoms with van der Waals surface area (Å²) in [4.78, 5) is 24.5. The molecule has 0 aliphatic rings. The van der Waals surface area contributed by atoms with Gasteiger partial charge in [0.25, 0.3) is 5.91 Å². The van der Waals surface area contributed by atoms with Gasteiger partial charge in [-0.15, -0.1) is 6.58 Å². The largest absolute Gasteiger partial charge is 0.497 e. The van der Waals surface area contributed by atoms with Crippen molar-refractivity contribution in [3.05, 3.63) is 66.7 Å². The maximum Gasteiger partial charge on any atom is 0.338 e. The Kier molecular flexibility index (Phi) is 7.52. The first-order valence-electron chi connectivity index (χ1n) is 8.63. The van der Waals surface area contributed by atoms with E-state index in [1.54, 1.807) is 24.3 Å². The van der Waals surface area contributed by atoms with E-state index in [9.17, 15) is 18.0 Å². The summed E-state index contributed by atoms with van der Waals surface area (Å²) in [6.07, 6.45) is 0.308. The number of hydrogen-bond donors (Lipinski definition) is 2. The molecule has 2 rings (SSSR count). The highest BCUT2D eigenvalue weighted by atomic mass is 32.2. The number of nitrogens with one attached hydrogen (secondary N) is 2. The number of sulfonamides is 1. The van der Waals surface area contributed by atoms with Crippen molar-refractivity contribution in [3.8, 4) is 5.75 Å². The molecular formula is C20H22N2O6S. The molecule has 0 bridgehead atoms. The lowest BCUT2D eigenvalue weighted by Crippen LogP contribution is -2.30. The first-order chi connectivity index (χ1) is 13.8. The third-order valence-electron chi connectivity index (χ3n) is 3.81. The molecule has 9 heteroatoms. The van der Waals surface area contributed by atoms with Gasteiger partial charge < -0.3 is 14.8 Å². The van der Waals surface area contributed by atoms with E-state index in [0.717, 1.165) is 0 Å². The monoisotopic (exact) mass is 418 g/mol. The zero-order valence-corrected chi connectivity index (χ0v) is 16.9. The molecule has 1 amide bonds. The normalized spacial score (nSPS) is 11.9. The molecule has 29 heavy (non-hydrogen) atoms. The van der Waals surface area contributed by atoms with Crippen molar-refractivity contribution in [1.29, 1.82) is 0 Å². The molecule has 0 unspecified atom stereocenters. The van der Waals surface area contributed by atoms with Gasteiger partial charge in [-0.25, -0.2) is 17.9 Å². The van der Waals surface area contributed by atoms with Crippen molar-refractivity contribution in [2.24, 2.45) is 0 Å². The molecule has 0 spiro atoms. The highest BCUT2D eigenvalue weighted by molar-refractivity contribution is 7.89. The van der Waals surface area contributed by atoms with Crippen LogP contribution in [0.25, 0.3) is 0 Å². The van der Waals surface area contributed by atoms with Crippen LogP contribution in [0.1, 0.15) is 17.3 Å². The van der Waals surface area contributed by atoms with Crippen LogP contribution in [0.2, 0.25) is 0 Å². The zero-order chi connectivity index (χ0) is 21.4. The smallest absolute Gasteiger partial charge is 0.338 e. The van der Waals surface area contributed by atoms with Gasteiger partial charge in [-0.2, -0.15) is 0 Å². The van der Waals surface area contributed by atoms with Crippen molar-refractivity contribution in [3.63, 3.8) is 0 Å². The van der Waals surface area contributed by atoms with Gasteiger partial charge >= 0.3 is 5.97 Å². The third-order valence-corrected chi connectivity index (χ3v) is 5.23. The molecule has 0 saturated heterocycles. The van der Waals surface area contributed by atoms with Crippen LogP contribution in [-0.2, 0) is 19.6 Å². The summed E-state index contributed by atoms with van der Waals surface area (Å²) in [6, 6.07) is 12.0. The van der Waals surface area contributed by atoms with Crippen LogP contribution in [0.15, 0.2) is 66.1 Å². The van der Waals surface area contributed by atoms with Crippen molar-refractivity contribution >= 4 is 27.6 Å². The van der Waals surface area contributed by atoms with E-state index in [2.05, 4.69) is 16.6 Å². The number of esters is 1. The highest BCUT2D eigenvalue weighted by Gasteiger charge is 2.21. The Balaban J connectivity index is 2.04. The topological polar surface area (TPSA) is 111 Å². The summed E-state index contributed by atoms with van der Waals surface area (Å²) < 4.78 is 36.8. The van der Waals surface area contributed by atoms with Gasteiger partial charge in [0.05, 0.1) is 17.6 Å². The molecular weight excluding hydrogens is 396 g/mol. The maximum absolute atomic E-state index is 12.3. The second kappa shape index (κ2) is 9.85. The van der Waals surface area contributed by atoms with Crippen LogP contribution in [0.3, 0.4) is 0 Å².